The van der Waals surface area contributed by atoms with Crippen molar-refractivity contribution in [2.24, 2.45) is 5.92 Å². The maximum Gasteiger partial charge on any atom is 0.166 e. The summed E-state index contributed by atoms with van der Waals surface area (Å²) in [7, 11) is 0. The quantitative estimate of drug-likeness (QED) is 0.612. The van der Waals surface area contributed by atoms with Crippen molar-refractivity contribution in [3.05, 3.63) is 76.9 Å². The van der Waals surface area contributed by atoms with E-state index in [1.54, 1.807) is 0 Å². The average Bonchev–Trinajstić information content (AvgIpc) is 2.71. The Balaban J connectivity index is 1.43. The van der Waals surface area contributed by atoms with Crippen molar-refractivity contribution in [1.82, 2.24) is 9.88 Å². The van der Waals surface area contributed by atoms with E-state index in [1.807, 2.05) is 54.7 Å². The number of nitrogens with zero attached hydrogens (tertiary/aromatic N) is 2. The van der Waals surface area contributed by atoms with Crippen LogP contribution in [0.5, 0.6) is 0 Å². The molecule has 0 unspecified atom stereocenters. The number of pyridine rings is 1. The lowest BCUT2D eigenvalue weighted by atomic mass is 9.88. The molecule has 132 valence electrons. The molecule has 2 heterocycles. The van der Waals surface area contributed by atoms with Crippen LogP contribution in [-0.4, -0.2) is 28.8 Å². The Labute approximate surface area is 158 Å². The van der Waals surface area contributed by atoms with Crippen molar-refractivity contribution in [1.29, 1.82) is 0 Å². The third-order valence-electron chi connectivity index (χ3n) is 5.21. The van der Waals surface area contributed by atoms with Gasteiger partial charge in [-0.15, -0.1) is 0 Å². The fourth-order valence-corrected chi connectivity index (χ4v) is 3.97. The van der Waals surface area contributed by atoms with Crippen molar-refractivity contribution < 1.29 is 4.79 Å². The molecule has 0 N–H and O–H groups in total. The van der Waals surface area contributed by atoms with Gasteiger partial charge < -0.3 is 0 Å². The Morgan fingerprint density at radius 1 is 1.04 bits per heavy atom. The molecule has 0 amide bonds. The highest BCUT2D eigenvalue weighted by Crippen LogP contribution is 2.27. The SMILES string of the molecule is O=C(c1ccccc1)C1CCN(Cc2ccc(Cl)c3cccnc23)CC1. The number of halogens is 1. The standard InChI is InChI=1S/C22H21ClN2O/c23-20-9-8-18(21-19(20)7-4-12-24-21)15-25-13-10-17(11-14-25)22(26)16-5-2-1-3-6-16/h1-9,12,17H,10-11,13-15H2. The Morgan fingerprint density at radius 2 is 1.81 bits per heavy atom. The summed E-state index contributed by atoms with van der Waals surface area (Å²) in [6.45, 7) is 2.71. The van der Waals surface area contributed by atoms with Gasteiger partial charge in [-0.3, -0.25) is 14.7 Å². The van der Waals surface area contributed by atoms with Crippen LogP contribution in [0.3, 0.4) is 0 Å². The van der Waals surface area contributed by atoms with Gasteiger partial charge in [0, 0.05) is 34.6 Å². The highest BCUT2D eigenvalue weighted by Gasteiger charge is 2.26. The zero-order valence-corrected chi connectivity index (χ0v) is 15.3. The molecule has 1 fully saturated rings. The molecular weight excluding hydrogens is 344 g/mol. The van der Waals surface area contributed by atoms with E-state index in [1.165, 1.54) is 5.56 Å². The van der Waals surface area contributed by atoms with Gasteiger partial charge in [-0.05, 0) is 49.7 Å². The van der Waals surface area contributed by atoms with E-state index in [0.29, 0.717) is 0 Å². The topological polar surface area (TPSA) is 33.2 Å². The number of carbonyl (C=O) groups excluding carboxylic acids is 1. The number of rotatable bonds is 4. The highest BCUT2D eigenvalue weighted by molar-refractivity contribution is 6.35. The molecule has 1 saturated heterocycles. The van der Waals surface area contributed by atoms with Crippen molar-refractivity contribution >= 4 is 28.3 Å². The van der Waals surface area contributed by atoms with Crippen LogP contribution in [0.15, 0.2) is 60.8 Å². The molecular formula is C22H21ClN2O. The monoisotopic (exact) mass is 364 g/mol. The van der Waals surface area contributed by atoms with Crippen molar-refractivity contribution in [2.75, 3.05) is 13.1 Å². The zero-order valence-electron chi connectivity index (χ0n) is 14.6. The lowest BCUT2D eigenvalue weighted by molar-refractivity contribution is 0.0835. The highest BCUT2D eigenvalue weighted by atomic mass is 35.5. The van der Waals surface area contributed by atoms with Crippen LogP contribution in [0.25, 0.3) is 10.9 Å². The number of hydrogen-bond donors (Lipinski definition) is 0. The lowest BCUT2D eigenvalue weighted by Crippen LogP contribution is -2.36. The van der Waals surface area contributed by atoms with Gasteiger partial charge in [-0.1, -0.05) is 48.0 Å². The minimum atomic E-state index is 0.133. The molecule has 0 spiro atoms. The van der Waals surface area contributed by atoms with Crippen LogP contribution >= 0.6 is 11.6 Å². The number of likely N-dealkylation sites (tertiary alicyclic amines) is 1. The smallest absolute Gasteiger partial charge is 0.166 e. The molecule has 3 aromatic rings. The predicted molar refractivity (Wildman–Crippen MR) is 106 cm³/mol. The first kappa shape index (κ1) is 17.2. The summed E-state index contributed by atoms with van der Waals surface area (Å²) in [5, 5.41) is 1.74. The summed E-state index contributed by atoms with van der Waals surface area (Å²) >= 11 is 6.29. The maximum atomic E-state index is 12.6. The summed E-state index contributed by atoms with van der Waals surface area (Å²) in [6.07, 6.45) is 3.63. The van der Waals surface area contributed by atoms with Gasteiger partial charge in [0.1, 0.15) is 0 Å². The van der Waals surface area contributed by atoms with Crippen molar-refractivity contribution in [2.45, 2.75) is 19.4 Å². The second-order valence-electron chi connectivity index (χ2n) is 6.89. The van der Waals surface area contributed by atoms with E-state index in [-0.39, 0.29) is 11.7 Å². The summed E-state index contributed by atoms with van der Waals surface area (Å²) in [5.74, 6) is 0.414. The lowest BCUT2D eigenvalue weighted by Gasteiger charge is -2.31. The van der Waals surface area contributed by atoms with Crippen LogP contribution in [0, 0.1) is 5.92 Å². The van der Waals surface area contributed by atoms with Gasteiger partial charge >= 0.3 is 0 Å². The third kappa shape index (κ3) is 3.50. The van der Waals surface area contributed by atoms with Crippen LogP contribution in [-0.2, 0) is 6.54 Å². The van der Waals surface area contributed by atoms with E-state index in [0.717, 1.165) is 54.0 Å². The van der Waals surface area contributed by atoms with Gasteiger partial charge in [0.25, 0.3) is 0 Å². The first-order chi connectivity index (χ1) is 12.7. The van der Waals surface area contributed by atoms with E-state index < -0.39 is 0 Å². The largest absolute Gasteiger partial charge is 0.299 e. The number of benzene rings is 2. The maximum absolute atomic E-state index is 12.6. The third-order valence-corrected chi connectivity index (χ3v) is 5.54. The fraction of sp³-hybridized carbons (Fsp3) is 0.273. The van der Waals surface area contributed by atoms with Gasteiger partial charge in [-0.2, -0.15) is 0 Å². The van der Waals surface area contributed by atoms with E-state index in [9.17, 15) is 4.79 Å². The summed E-state index contributed by atoms with van der Waals surface area (Å²) in [4.78, 5) is 19.6. The average molecular weight is 365 g/mol. The first-order valence-electron chi connectivity index (χ1n) is 9.06. The number of fused-ring (bicyclic) bond motifs is 1. The fourth-order valence-electron chi connectivity index (χ4n) is 3.76. The normalized spacial score (nSPS) is 16.0. The number of carbonyl (C=O) groups is 1. The molecule has 0 saturated carbocycles. The van der Waals surface area contributed by atoms with Crippen LogP contribution < -0.4 is 0 Å². The van der Waals surface area contributed by atoms with Crippen LogP contribution in [0.4, 0.5) is 0 Å². The molecule has 3 nitrogen and oxygen atoms in total. The Bertz CT molecular complexity index is 918. The molecule has 0 bridgehead atoms. The minimum Gasteiger partial charge on any atom is -0.299 e. The molecule has 26 heavy (non-hydrogen) atoms. The van der Waals surface area contributed by atoms with Gasteiger partial charge in [0.2, 0.25) is 0 Å². The van der Waals surface area contributed by atoms with E-state index in [4.69, 9.17) is 11.6 Å². The zero-order chi connectivity index (χ0) is 17.9. The van der Waals surface area contributed by atoms with Crippen LogP contribution in [0.2, 0.25) is 5.02 Å². The number of piperidine rings is 1. The summed E-state index contributed by atoms with van der Waals surface area (Å²) in [6, 6.07) is 17.6. The molecule has 0 radical (unpaired) electrons. The summed E-state index contributed by atoms with van der Waals surface area (Å²) < 4.78 is 0. The van der Waals surface area contributed by atoms with E-state index >= 15 is 0 Å². The van der Waals surface area contributed by atoms with Crippen LogP contribution in [0.1, 0.15) is 28.8 Å². The molecule has 2 aromatic carbocycles. The first-order valence-corrected chi connectivity index (χ1v) is 9.44. The number of hydrogen-bond acceptors (Lipinski definition) is 3. The molecule has 1 aromatic heterocycles. The Kier molecular flexibility index (Phi) is 5.00. The second kappa shape index (κ2) is 7.56. The van der Waals surface area contributed by atoms with Gasteiger partial charge in [0.05, 0.1) is 5.52 Å². The Morgan fingerprint density at radius 3 is 2.58 bits per heavy atom. The molecule has 1 aliphatic rings. The molecule has 0 atom stereocenters. The minimum absolute atomic E-state index is 0.133. The summed E-state index contributed by atoms with van der Waals surface area (Å²) in [5.41, 5.74) is 3.00. The second-order valence-corrected chi connectivity index (χ2v) is 7.29. The number of Topliss-reactive ketones (excluding diaryl/α,β-unsaturated/α-hetero) is 1. The molecule has 0 aliphatic carbocycles. The van der Waals surface area contributed by atoms with Crippen molar-refractivity contribution in [3.63, 3.8) is 0 Å². The van der Waals surface area contributed by atoms with E-state index in [2.05, 4.69) is 16.0 Å². The Hall–Kier alpha value is -2.23. The molecule has 4 heteroatoms. The number of aromatic nitrogens is 1. The van der Waals surface area contributed by atoms with Gasteiger partial charge in [-0.25, -0.2) is 0 Å². The van der Waals surface area contributed by atoms with Crippen molar-refractivity contribution in [3.8, 4) is 0 Å². The van der Waals surface area contributed by atoms with Gasteiger partial charge in [0.15, 0.2) is 5.78 Å². The molecule has 1 aliphatic heterocycles. The number of ketones is 1. The predicted octanol–water partition coefficient (Wildman–Crippen LogP) is 4.98. The molecule has 4 rings (SSSR count).